The second-order valence-corrected chi connectivity index (χ2v) is 6.45. The van der Waals surface area contributed by atoms with Crippen LogP contribution in [0.5, 0.6) is 0 Å². The van der Waals surface area contributed by atoms with Crippen LogP contribution in [0.2, 0.25) is 0 Å². The highest BCUT2D eigenvalue weighted by Crippen LogP contribution is 2.37. The highest BCUT2D eigenvalue weighted by Gasteiger charge is 2.37. The minimum absolute atomic E-state index is 0.0594. The van der Waals surface area contributed by atoms with Crippen LogP contribution < -0.4 is 16.2 Å². The fourth-order valence-electron chi connectivity index (χ4n) is 2.89. The molecule has 0 aliphatic rings. The molecule has 0 fully saturated rings. The SMILES string of the molecule is CCNC(=O)Nc1ncc2c(=O)n(-c3cc(C(F)(F)F)cc(C(F)(F)F)c3)[nH]c2c1C=N. The van der Waals surface area contributed by atoms with Gasteiger partial charge in [-0.25, -0.2) is 14.5 Å². The molecule has 0 saturated carbocycles. The lowest BCUT2D eigenvalue weighted by atomic mass is 10.1. The minimum Gasteiger partial charge on any atom is -0.338 e. The van der Waals surface area contributed by atoms with Gasteiger partial charge in [0.25, 0.3) is 5.56 Å². The number of fused-ring (bicyclic) bond motifs is 1. The number of benzene rings is 1. The fourth-order valence-corrected chi connectivity index (χ4v) is 2.89. The van der Waals surface area contributed by atoms with Gasteiger partial charge >= 0.3 is 18.4 Å². The molecule has 3 rings (SSSR count). The molecule has 0 aliphatic carbocycles. The Morgan fingerprint density at radius 3 is 2.25 bits per heavy atom. The monoisotopic (exact) mass is 460 g/mol. The van der Waals surface area contributed by atoms with E-state index in [4.69, 9.17) is 5.41 Å². The van der Waals surface area contributed by atoms with E-state index in [1.165, 1.54) is 0 Å². The predicted molar refractivity (Wildman–Crippen MR) is 102 cm³/mol. The molecule has 170 valence electrons. The van der Waals surface area contributed by atoms with Crippen LogP contribution in [0.3, 0.4) is 0 Å². The largest absolute Gasteiger partial charge is 0.416 e. The van der Waals surface area contributed by atoms with Gasteiger partial charge < -0.3 is 10.7 Å². The Balaban J connectivity index is 2.24. The topological polar surface area (TPSA) is 116 Å². The number of anilines is 1. The van der Waals surface area contributed by atoms with Crippen LogP contribution in [-0.2, 0) is 12.4 Å². The van der Waals surface area contributed by atoms with E-state index in [9.17, 15) is 35.9 Å². The third kappa shape index (κ3) is 4.29. The molecule has 1 aromatic carbocycles. The van der Waals surface area contributed by atoms with Crippen LogP contribution in [0, 0.1) is 5.41 Å². The summed E-state index contributed by atoms with van der Waals surface area (Å²) >= 11 is 0. The second-order valence-electron chi connectivity index (χ2n) is 6.45. The van der Waals surface area contributed by atoms with Crippen molar-refractivity contribution in [2.24, 2.45) is 0 Å². The van der Waals surface area contributed by atoms with Crippen molar-refractivity contribution in [1.29, 1.82) is 5.41 Å². The molecule has 14 heteroatoms. The highest BCUT2D eigenvalue weighted by atomic mass is 19.4. The number of nitrogens with zero attached hydrogens (tertiary/aromatic N) is 2. The summed E-state index contributed by atoms with van der Waals surface area (Å²) in [5.74, 6) is -0.146. The smallest absolute Gasteiger partial charge is 0.338 e. The van der Waals surface area contributed by atoms with Crippen molar-refractivity contribution in [3.05, 3.63) is 51.4 Å². The van der Waals surface area contributed by atoms with Gasteiger partial charge in [0.2, 0.25) is 0 Å². The molecule has 0 saturated heterocycles. The van der Waals surface area contributed by atoms with E-state index in [0.717, 1.165) is 12.4 Å². The molecule has 4 N–H and O–H groups in total. The number of pyridine rings is 1. The predicted octanol–water partition coefficient (Wildman–Crippen LogP) is 3.89. The van der Waals surface area contributed by atoms with Crippen molar-refractivity contribution < 1.29 is 31.1 Å². The maximum absolute atomic E-state index is 13.2. The van der Waals surface area contributed by atoms with Gasteiger partial charge in [-0.15, -0.1) is 0 Å². The summed E-state index contributed by atoms with van der Waals surface area (Å²) in [5.41, 5.74) is -5.13. The van der Waals surface area contributed by atoms with Gasteiger partial charge in [0.15, 0.2) is 0 Å². The molecule has 8 nitrogen and oxygen atoms in total. The van der Waals surface area contributed by atoms with Gasteiger partial charge in [0.05, 0.1) is 33.3 Å². The van der Waals surface area contributed by atoms with E-state index in [1.54, 1.807) is 6.92 Å². The van der Waals surface area contributed by atoms with Gasteiger partial charge in [0.1, 0.15) is 5.82 Å². The Morgan fingerprint density at radius 2 is 1.75 bits per heavy atom. The normalized spacial score (nSPS) is 12.1. The van der Waals surface area contributed by atoms with E-state index < -0.39 is 40.8 Å². The molecule has 2 aromatic heterocycles. The summed E-state index contributed by atoms with van der Waals surface area (Å²) < 4.78 is 79.5. The van der Waals surface area contributed by atoms with Crippen molar-refractivity contribution in [3.8, 4) is 5.69 Å². The third-order valence-electron chi connectivity index (χ3n) is 4.32. The van der Waals surface area contributed by atoms with E-state index >= 15 is 0 Å². The average Bonchev–Trinajstić information content (AvgIpc) is 3.03. The number of halogens is 6. The van der Waals surface area contributed by atoms with Crippen molar-refractivity contribution in [2.45, 2.75) is 19.3 Å². The number of urea groups is 1. The minimum atomic E-state index is -5.10. The molecule has 0 spiro atoms. The quantitative estimate of drug-likeness (QED) is 0.350. The van der Waals surface area contributed by atoms with E-state index in [-0.39, 0.29) is 34.9 Å². The number of carbonyl (C=O) groups is 1. The Bertz CT molecular complexity index is 1230. The Morgan fingerprint density at radius 1 is 1.16 bits per heavy atom. The molecule has 32 heavy (non-hydrogen) atoms. The number of amides is 2. The van der Waals surface area contributed by atoms with Crippen LogP contribution in [0.15, 0.2) is 29.2 Å². The van der Waals surface area contributed by atoms with E-state index in [2.05, 4.69) is 20.7 Å². The zero-order valence-electron chi connectivity index (χ0n) is 16.1. The zero-order valence-corrected chi connectivity index (χ0v) is 16.1. The molecule has 0 aliphatic heterocycles. The number of rotatable bonds is 4. The van der Waals surface area contributed by atoms with E-state index in [1.807, 2.05) is 0 Å². The molecule has 0 bridgehead atoms. The fraction of sp³-hybridized carbons (Fsp3) is 0.222. The number of hydrogen-bond acceptors (Lipinski definition) is 4. The maximum Gasteiger partial charge on any atom is 0.416 e. The summed E-state index contributed by atoms with van der Waals surface area (Å²) in [6, 6.07) is 0.0437. The number of aromatic amines is 1. The summed E-state index contributed by atoms with van der Waals surface area (Å²) in [6.07, 6.45) is -8.49. The first-order chi connectivity index (χ1) is 14.9. The number of aromatic nitrogens is 3. The van der Waals surface area contributed by atoms with Gasteiger partial charge in [-0.1, -0.05) is 0 Å². The Kier molecular flexibility index (Phi) is 5.72. The molecule has 2 heterocycles. The van der Waals surface area contributed by atoms with Crippen molar-refractivity contribution >= 4 is 29.0 Å². The Labute approximate surface area is 174 Å². The first-order valence-corrected chi connectivity index (χ1v) is 8.85. The van der Waals surface area contributed by atoms with Gasteiger partial charge in [0, 0.05) is 19.0 Å². The number of H-pyrrole nitrogens is 1. The first kappa shape index (κ1) is 22.8. The molecule has 0 unspecified atom stereocenters. The average molecular weight is 460 g/mol. The Hall–Kier alpha value is -3.84. The van der Waals surface area contributed by atoms with Gasteiger partial charge in [-0.05, 0) is 25.1 Å². The summed E-state index contributed by atoms with van der Waals surface area (Å²) in [5, 5.41) is 14.5. The maximum atomic E-state index is 13.2. The lowest BCUT2D eigenvalue weighted by Crippen LogP contribution is -2.29. The van der Waals surface area contributed by atoms with Crippen molar-refractivity contribution in [1.82, 2.24) is 20.1 Å². The molecule has 2 amide bonds. The molecule has 3 aromatic rings. The molecule has 0 radical (unpaired) electrons. The third-order valence-corrected chi connectivity index (χ3v) is 4.32. The molecular weight excluding hydrogens is 446 g/mol. The number of hydrogen-bond donors (Lipinski definition) is 4. The molecular formula is C18H14F6N6O2. The van der Waals surface area contributed by atoms with Crippen LogP contribution in [0.25, 0.3) is 16.6 Å². The summed E-state index contributed by atoms with van der Waals surface area (Å²) in [7, 11) is 0. The number of alkyl halides is 6. The zero-order chi connectivity index (χ0) is 23.8. The first-order valence-electron chi connectivity index (χ1n) is 8.85. The lowest BCUT2D eigenvalue weighted by molar-refractivity contribution is -0.143. The van der Waals surface area contributed by atoms with E-state index in [0.29, 0.717) is 16.8 Å². The van der Waals surface area contributed by atoms with Crippen LogP contribution in [0.1, 0.15) is 23.6 Å². The van der Waals surface area contributed by atoms with Crippen LogP contribution in [0.4, 0.5) is 37.0 Å². The summed E-state index contributed by atoms with van der Waals surface area (Å²) in [6.45, 7) is 1.92. The van der Waals surface area contributed by atoms with Crippen molar-refractivity contribution in [2.75, 3.05) is 11.9 Å². The lowest BCUT2D eigenvalue weighted by Gasteiger charge is -2.14. The van der Waals surface area contributed by atoms with Crippen LogP contribution >= 0.6 is 0 Å². The number of carbonyl (C=O) groups excluding carboxylic acids is 1. The van der Waals surface area contributed by atoms with Crippen LogP contribution in [-0.4, -0.2) is 33.6 Å². The van der Waals surface area contributed by atoms with Gasteiger partial charge in [-0.2, -0.15) is 26.3 Å². The standard InChI is InChI=1S/C18H14F6N6O2/c1-2-26-16(32)28-14-11(6-25)13-12(7-27-14)15(31)30(29-13)10-4-8(17(19,20)21)3-9(5-10)18(22,23)24/h3-7,25,29H,2H2,1H3,(H2,26,27,28,32). The highest BCUT2D eigenvalue weighted by molar-refractivity contribution is 6.04. The summed E-state index contributed by atoms with van der Waals surface area (Å²) in [4.78, 5) is 28.3. The number of nitrogens with one attached hydrogen (secondary N) is 4. The van der Waals surface area contributed by atoms with Gasteiger partial charge in [-0.3, -0.25) is 15.2 Å². The van der Waals surface area contributed by atoms with Crippen molar-refractivity contribution in [3.63, 3.8) is 0 Å². The molecule has 0 atom stereocenters. The second kappa shape index (κ2) is 8.01.